The lowest BCUT2D eigenvalue weighted by molar-refractivity contribution is -0.120. The van der Waals surface area contributed by atoms with Crippen LogP contribution in [0.4, 0.5) is 5.82 Å². The van der Waals surface area contributed by atoms with Crippen molar-refractivity contribution in [2.45, 2.75) is 38.3 Å². The third-order valence-corrected chi connectivity index (χ3v) is 6.32. The maximum absolute atomic E-state index is 13.0. The van der Waals surface area contributed by atoms with E-state index < -0.39 is 0 Å². The van der Waals surface area contributed by atoms with Crippen molar-refractivity contribution in [3.63, 3.8) is 0 Å². The van der Waals surface area contributed by atoms with Crippen molar-refractivity contribution in [1.29, 1.82) is 0 Å². The quantitative estimate of drug-likeness (QED) is 0.713. The van der Waals surface area contributed by atoms with E-state index in [1.54, 1.807) is 22.4 Å². The fourth-order valence-corrected chi connectivity index (χ4v) is 4.69. The zero-order valence-corrected chi connectivity index (χ0v) is 17.5. The van der Waals surface area contributed by atoms with Gasteiger partial charge in [-0.05, 0) is 42.4 Å². The average Bonchev–Trinajstić information content (AvgIpc) is 3.39. The molecular weight excluding hydrogens is 382 g/mol. The van der Waals surface area contributed by atoms with Crippen molar-refractivity contribution in [1.82, 2.24) is 20.5 Å². The van der Waals surface area contributed by atoms with Crippen molar-refractivity contribution in [2.24, 2.45) is 5.92 Å². The number of amides is 1. The first-order valence-electron chi connectivity index (χ1n) is 9.82. The molecule has 2 aliphatic rings. The number of nitrogens with zero attached hydrogens (tertiary/aromatic N) is 4. The Balaban J connectivity index is 1.38. The maximum atomic E-state index is 13.0. The summed E-state index contributed by atoms with van der Waals surface area (Å²) in [4.78, 5) is 19.1. The highest BCUT2D eigenvalue weighted by Gasteiger charge is 2.51. The van der Waals surface area contributed by atoms with E-state index in [9.17, 15) is 4.79 Å². The molecule has 0 unspecified atom stereocenters. The number of anilines is 1. The topological polar surface area (TPSA) is 71.0 Å². The number of carbonyl (C=O) groups excluding carboxylic acids is 1. The van der Waals surface area contributed by atoms with Crippen LogP contribution in [0.5, 0.6) is 0 Å². The minimum Gasteiger partial charge on any atom is -0.299 e. The fraction of sp³-hybridized carbons (Fsp3) is 0.364. The molecular formula is C22H25N5OS. The lowest BCUT2D eigenvalue weighted by atomic mass is 10.1. The molecule has 0 saturated heterocycles. The molecule has 0 radical (unpaired) electrons. The van der Waals surface area contributed by atoms with Gasteiger partial charge in [0.15, 0.2) is 0 Å². The molecule has 1 saturated carbocycles. The molecule has 0 spiro atoms. The van der Waals surface area contributed by atoms with Gasteiger partial charge in [0.1, 0.15) is 15.8 Å². The predicted molar refractivity (Wildman–Crippen MR) is 116 cm³/mol. The van der Waals surface area contributed by atoms with Crippen molar-refractivity contribution in [3.05, 3.63) is 70.4 Å². The second-order valence-corrected chi connectivity index (χ2v) is 8.63. The summed E-state index contributed by atoms with van der Waals surface area (Å²) in [7, 11) is 1.81. The van der Waals surface area contributed by atoms with Crippen LogP contribution in [-0.2, 0) is 17.8 Å². The van der Waals surface area contributed by atoms with Crippen LogP contribution in [0.2, 0.25) is 0 Å². The SMILES string of the molecule is C=C(/C=C\C=C/C)Cc1nnc(CN[C@@H]2C(=O)N(C)c3ncccc3[C@@H]3C[C@H]23)s1. The second kappa shape index (κ2) is 8.39. The van der Waals surface area contributed by atoms with Gasteiger partial charge in [0.05, 0.1) is 12.6 Å². The van der Waals surface area contributed by atoms with Crippen LogP contribution >= 0.6 is 11.3 Å². The minimum atomic E-state index is -0.217. The van der Waals surface area contributed by atoms with E-state index in [4.69, 9.17) is 0 Å². The van der Waals surface area contributed by atoms with Gasteiger partial charge in [0.2, 0.25) is 5.91 Å². The summed E-state index contributed by atoms with van der Waals surface area (Å²) in [5.74, 6) is 1.58. The second-order valence-electron chi connectivity index (χ2n) is 7.49. The third-order valence-electron chi connectivity index (χ3n) is 5.39. The number of fused-ring (bicyclic) bond motifs is 3. The molecule has 1 amide bonds. The summed E-state index contributed by atoms with van der Waals surface area (Å²) in [5.41, 5.74) is 2.17. The van der Waals surface area contributed by atoms with Crippen LogP contribution in [0.15, 0.2) is 54.8 Å². The summed E-state index contributed by atoms with van der Waals surface area (Å²) < 4.78 is 0. The molecule has 3 atom stereocenters. The Bertz CT molecular complexity index is 979. The van der Waals surface area contributed by atoms with Gasteiger partial charge in [-0.2, -0.15) is 0 Å². The molecule has 150 valence electrons. The number of pyridine rings is 1. The van der Waals surface area contributed by atoms with Crippen molar-refractivity contribution >= 4 is 23.1 Å². The van der Waals surface area contributed by atoms with E-state index in [1.807, 2.05) is 44.3 Å². The van der Waals surface area contributed by atoms with Gasteiger partial charge in [0, 0.05) is 19.7 Å². The van der Waals surface area contributed by atoms with Crippen LogP contribution in [-0.4, -0.2) is 34.2 Å². The van der Waals surface area contributed by atoms with Crippen molar-refractivity contribution in [2.75, 3.05) is 11.9 Å². The van der Waals surface area contributed by atoms with Gasteiger partial charge in [-0.25, -0.2) is 4.98 Å². The van der Waals surface area contributed by atoms with Crippen LogP contribution in [0.1, 0.15) is 34.8 Å². The maximum Gasteiger partial charge on any atom is 0.245 e. The molecule has 1 aliphatic carbocycles. The Morgan fingerprint density at radius 3 is 3.03 bits per heavy atom. The number of allylic oxidation sites excluding steroid dienone is 5. The first-order chi connectivity index (χ1) is 14.1. The first-order valence-corrected chi connectivity index (χ1v) is 10.6. The average molecular weight is 408 g/mol. The van der Waals surface area contributed by atoms with Gasteiger partial charge in [0.25, 0.3) is 0 Å². The standard InChI is InChI=1S/C22H25N5OS/c1-4-5-6-8-14(2)11-18-25-26-19(29-18)13-24-20-17-12-16(17)15-9-7-10-23-21(15)27(3)22(20)28/h4-10,16-17,20,24H,2,11-13H2,1,3H3/b5-4-,8-6-/t16-,17-,20-/m0/s1. The molecule has 1 aliphatic heterocycles. The minimum absolute atomic E-state index is 0.0715. The molecule has 4 rings (SSSR count). The van der Waals surface area contributed by atoms with Gasteiger partial charge in [-0.15, -0.1) is 10.2 Å². The molecule has 2 aromatic heterocycles. The Labute approximate surface area is 175 Å². The number of rotatable bonds is 7. The van der Waals surface area contributed by atoms with Gasteiger partial charge < -0.3 is 0 Å². The summed E-state index contributed by atoms with van der Waals surface area (Å²) in [6, 6.07) is 3.82. The Kier molecular flexibility index (Phi) is 5.69. The normalized spacial score (nSPS) is 23.3. The highest BCUT2D eigenvalue weighted by Crippen LogP contribution is 2.53. The third kappa shape index (κ3) is 4.21. The van der Waals surface area contributed by atoms with E-state index in [1.165, 1.54) is 5.56 Å². The summed E-state index contributed by atoms with van der Waals surface area (Å²) >= 11 is 1.56. The van der Waals surface area contributed by atoms with E-state index in [-0.39, 0.29) is 11.9 Å². The summed E-state index contributed by atoms with van der Waals surface area (Å²) in [6.45, 7) is 6.58. The Hall–Kier alpha value is -2.64. The zero-order chi connectivity index (χ0) is 20.4. The summed E-state index contributed by atoms with van der Waals surface area (Å²) in [5, 5.41) is 13.8. The number of aromatic nitrogens is 3. The Morgan fingerprint density at radius 1 is 1.38 bits per heavy atom. The number of nitrogens with one attached hydrogen (secondary N) is 1. The molecule has 29 heavy (non-hydrogen) atoms. The van der Waals surface area contributed by atoms with Crippen LogP contribution in [0.25, 0.3) is 0 Å². The molecule has 3 heterocycles. The predicted octanol–water partition coefficient (Wildman–Crippen LogP) is 3.40. The molecule has 6 nitrogen and oxygen atoms in total. The van der Waals surface area contributed by atoms with Crippen molar-refractivity contribution in [3.8, 4) is 0 Å². The smallest absolute Gasteiger partial charge is 0.245 e. The molecule has 2 aromatic rings. The summed E-state index contributed by atoms with van der Waals surface area (Å²) in [6.07, 6.45) is 11.4. The van der Waals surface area contributed by atoms with E-state index >= 15 is 0 Å². The number of hydrogen-bond acceptors (Lipinski definition) is 6. The van der Waals surface area contributed by atoms with E-state index in [0.29, 0.717) is 24.8 Å². The van der Waals surface area contributed by atoms with E-state index in [0.717, 1.165) is 27.8 Å². The van der Waals surface area contributed by atoms with E-state index in [2.05, 4.69) is 33.1 Å². The first kappa shape index (κ1) is 19.7. The zero-order valence-electron chi connectivity index (χ0n) is 16.7. The van der Waals surface area contributed by atoms with Crippen LogP contribution < -0.4 is 10.2 Å². The fourth-order valence-electron chi connectivity index (χ4n) is 3.84. The lowest BCUT2D eigenvalue weighted by Gasteiger charge is -2.22. The van der Waals surface area contributed by atoms with Gasteiger partial charge in [-0.1, -0.05) is 48.3 Å². The largest absolute Gasteiger partial charge is 0.299 e. The molecule has 1 N–H and O–H groups in total. The van der Waals surface area contributed by atoms with Crippen molar-refractivity contribution < 1.29 is 4.79 Å². The number of carbonyl (C=O) groups is 1. The number of hydrogen-bond donors (Lipinski definition) is 1. The Morgan fingerprint density at radius 2 is 2.21 bits per heavy atom. The number of likely N-dealkylation sites (N-methyl/N-ethyl adjacent to an activating group) is 1. The van der Waals surface area contributed by atoms with Crippen LogP contribution in [0, 0.1) is 5.92 Å². The van der Waals surface area contributed by atoms with Gasteiger partial charge >= 0.3 is 0 Å². The highest BCUT2D eigenvalue weighted by atomic mass is 32.1. The molecule has 0 bridgehead atoms. The molecule has 7 heteroatoms. The monoisotopic (exact) mass is 407 g/mol. The lowest BCUT2D eigenvalue weighted by Crippen LogP contribution is -2.46. The van der Waals surface area contributed by atoms with Gasteiger partial charge in [-0.3, -0.25) is 15.0 Å². The van der Waals surface area contributed by atoms with Crippen LogP contribution in [0.3, 0.4) is 0 Å². The molecule has 1 fully saturated rings. The molecule has 0 aromatic carbocycles. The highest BCUT2D eigenvalue weighted by molar-refractivity contribution is 7.11.